The summed E-state index contributed by atoms with van der Waals surface area (Å²) < 4.78 is 1.46. The highest BCUT2D eigenvalue weighted by atomic mass is 32.2. The van der Waals surface area contributed by atoms with E-state index in [0.717, 1.165) is 17.5 Å². The number of carboxylic acids is 1. The molecule has 2 heterocycles. The molecule has 0 spiro atoms. The maximum absolute atomic E-state index is 10.5. The third-order valence-electron chi connectivity index (χ3n) is 1.91. The summed E-state index contributed by atoms with van der Waals surface area (Å²) in [7, 11) is 0. The molecule has 0 radical (unpaired) electrons. The van der Waals surface area contributed by atoms with E-state index in [4.69, 9.17) is 5.11 Å². The second kappa shape index (κ2) is 4.91. The molecule has 88 valence electrons. The summed E-state index contributed by atoms with van der Waals surface area (Å²) in [6.07, 6.45) is 1.64. The zero-order valence-electron chi connectivity index (χ0n) is 8.94. The van der Waals surface area contributed by atoms with E-state index in [-0.39, 0.29) is 5.75 Å². The van der Waals surface area contributed by atoms with E-state index >= 15 is 0 Å². The zero-order valence-corrected chi connectivity index (χ0v) is 9.76. The maximum Gasteiger partial charge on any atom is 0.313 e. The third-order valence-corrected chi connectivity index (χ3v) is 2.81. The molecule has 1 N–H and O–H groups in total. The lowest BCUT2D eigenvalue weighted by atomic mass is 10.3. The van der Waals surface area contributed by atoms with Crippen LogP contribution in [0.3, 0.4) is 0 Å². The molecule has 0 amide bonds. The van der Waals surface area contributed by atoms with Gasteiger partial charge in [-0.2, -0.15) is 4.68 Å². The normalized spacial score (nSPS) is 10.4. The quantitative estimate of drug-likeness (QED) is 0.792. The Hall–Kier alpha value is -1.96. The van der Waals surface area contributed by atoms with Crippen molar-refractivity contribution in [1.29, 1.82) is 0 Å². The van der Waals surface area contributed by atoms with Crippen LogP contribution in [0.15, 0.2) is 23.5 Å². The van der Waals surface area contributed by atoms with Crippen LogP contribution in [0.4, 0.5) is 0 Å². The number of aliphatic carboxylic acids is 1. The van der Waals surface area contributed by atoms with Crippen LogP contribution >= 0.6 is 11.8 Å². The highest BCUT2D eigenvalue weighted by Gasteiger charge is 2.10. The van der Waals surface area contributed by atoms with Gasteiger partial charge < -0.3 is 5.11 Å². The van der Waals surface area contributed by atoms with Crippen LogP contribution in [0.1, 0.15) is 5.69 Å². The highest BCUT2D eigenvalue weighted by molar-refractivity contribution is 7.99. The highest BCUT2D eigenvalue weighted by Crippen LogP contribution is 2.17. The number of tetrazole rings is 1. The van der Waals surface area contributed by atoms with Gasteiger partial charge in [0.2, 0.25) is 5.16 Å². The van der Waals surface area contributed by atoms with Crippen molar-refractivity contribution in [2.75, 3.05) is 5.75 Å². The summed E-state index contributed by atoms with van der Waals surface area (Å²) in [5, 5.41) is 20.1. The number of aromatic nitrogens is 5. The fourth-order valence-corrected chi connectivity index (χ4v) is 1.75. The summed E-state index contributed by atoms with van der Waals surface area (Å²) in [5.41, 5.74) is 1.59. The van der Waals surface area contributed by atoms with Crippen LogP contribution in [0.5, 0.6) is 0 Å². The van der Waals surface area contributed by atoms with Crippen LogP contribution in [0.25, 0.3) is 5.69 Å². The number of nitrogens with zero attached hydrogens (tertiary/aromatic N) is 5. The van der Waals surface area contributed by atoms with E-state index in [1.54, 1.807) is 6.20 Å². The van der Waals surface area contributed by atoms with Crippen LogP contribution in [-0.4, -0.2) is 42.0 Å². The lowest BCUT2D eigenvalue weighted by Gasteiger charge is -2.02. The number of rotatable bonds is 4. The Morgan fingerprint density at radius 2 is 2.35 bits per heavy atom. The van der Waals surface area contributed by atoms with Crippen LogP contribution < -0.4 is 0 Å². The topological polar surface area (TPSA) is 93.8 Å². The number of aryl methyl sites for hydroxylation is 1. The van der Waals surface area contributed by atoms with Gasteiger partial charge in [0.15, 0.2) is 0 Å². The van der Waals surface area contributed by atoms with Crippen molar-refractivity contribution in [3.8, 4) is 5.69 Å². The summed E-state index contributed by atoms with van der Waals surface area (Å²) in [6.45, 7) is 1.88. The summed E-state index contributed by atoms with van der Waals surface area (Å²) in [4.78, 5) is 14.6. The summed E-state index contributed by atoms with van der Waals surface area (Å²) >= 11 is 1.06. The van der Waals surface area contributed by atoms with Gasteiger partial charge in [-0.3, -0.25) is 9.78 Å². The molecule has 8 heteroatoms. The standard InChI is InChI=1S/C9H9N5O2S/c1-6-2-3-7(4-10-6)14-9(11-12-13-14)17-5-8(15)16/h2-4H,5H2,1H3,(H,15,16). The second-order valence-corrected chi connectivity index (χ2v) is 4.16. The molecular weight excluding hydrogens is 242 g/mol. The van der Waals surface area contributed by atoms with E-state index in [9.17, 15) is 4.79 Å². The van der Waals surface area contributed by atoms with Crippen LogP contribution in [0, 0.1) is 6.92 Å². The fourth-order valence-electron chi connectivity index (χ4n) is 1.14. The molecule has 0 bridgehead atoms. The molecule has 0 atom stereocenters. The summed E-state index contributed by atoms with van der Waals surface area (Å²) in [6, 6.07) is 3.66. The Morgan fingerprint density at radius 3 is 3.00 bits per heavy atom. The largest absolute Gasteiger partial charge is 0.481 e. The smallest absolute Gasteiger partial charge is 0.313 e. The first-order valence-corrected chi connectivity index (χ1v) is 5.71. The van der Waals surface area contributed by atoms with E-state index in [2.05, 4.69) is 20.5 Å². The maximum atomic E-state index is 10.5. The number of carboxylic acid groups (broad SMARTS) is 1. The van der Waals surface area contributed by atoms with Crippen molar-refractivity contribution in [2.45, 2.75) is 12.1 Å². The van der Waals surface area contributed by atoms with Gasteiger partial charge in [0.05, 0.1) is 17.6 Å². The molecule has 0 saturated carbocycles. The Balaban J connectivity index is 2.24. The second-order valence-electron chi connectivity index (χ2n) is 3.21. The van der Waals surface area contributed by atoms with Gasteiger partial charge in [-0.25, -0.2) is 0 Å². The lowest BCUT2D eigenvalue weighted by molar-refractivity contribution is -0.133. The fraction of sp³-hybridized carbons (Fsp3) is 0.222. The Bertz CT molecular complexity index is 524. The molecular formula is C9H9N5O2S. The molecule has 2 rings (SSSR count). The Labute approximate surface area is 101 Å². The van der Waals surface area contributed by atoms with Gasteiger partial charge in [-0.1, -0.05) is 11.8 Å². The predicted molar refractivity (Wildman–Crippen MR) is 60.0 cm³/mol. The van der Waals surface area contributed by atoms with Gasteiger partial charge in [-0.05, 0) is 29.5 Å². The first kappa shape index (κ1) is 11.5. The molecule has 17 heavy (non-hydrogen) atoms. The average Bonchev–Trinajstić information content (AvgIpc) is 2.75. The lowest BCUT2D eigenvalue weighted by Crippen LogP contribution is -2.03. The van der Waals surface area contributed by atoms with E-state index in [1.807, 2.05) is 19.1 Å². The summed E-state index contributed by atoms with van der Waals surface area (Å²) in [5.74, 6) is -0.994. The minimum absolute atomic E-state index is 0.0837. The average molecular weight is 251 g/mol. The molecule has 0 aliphatic carbocycles. The number of hydrogen-bond donors (Lipinski definition) is 1. The third kappa shape index (κ3) is 2.78. The van der Waals surface area contributed by atoms with Gasteiger partial charge >= 0.3 is 5.97 Å². The Kier molecular flexibility index (Phi) is 3.33. The molecule has 0 saturated heterocycles. The van der Waals surface area contributed by atoms with Crippen molar-refractivity contribution in [3.63, 3.8) is 0 Å². The van der Waals surface area contributed by atoms with Gasteiger partial charge in [-0.15, -0.1) is 5.10 Å². The van der Waals surface area contributed by atoms with E-state index in [0.29, 0.717) is 10.8 Å². The molecule has 0 unspecified atom stereocenters. The van der Waals surface area contributed by atoms with Crippen molar-refractivity contribution < 1.29 is 9.90 Å². The van der Waals surface area contributed by atoms with Crippen LogP contribution in [-0.2, 0) is 4.79 Å². The van der Waals surface area contributed by atoms with E-state index in [1.165, 1.54) is 4.68 Å². The molecule has 2 aromatic rings. The van der Waals surface area contributed by atoms with Crippen molar-refractivity contribution >= 4 is 17.7 Å². The van der Waals surface area contributed by atoms with E-state index < -0.39 is 5.97 Å². The van der Waals surface area contributed by atoms with Gasteiger partial charge in [0.1, 0.15) is 0 Å². The molecule has 7 nitrogen and oxygen atoms in total. The molecule has 0 aliphatic rings. The monoisotopic (exact) mass is 251 g/mol. The molecule has 0 aliphatic heterocycles. The first-order valence-electron chi connectivity index (χ1n) is 4.73. The zero-order chi connectivity index (χ0) is 12.3. The number of carbonyl (C=O) groups is 1. The molecule has 0 aromatic carbocycles. The predicted octanol–water partition coefficient (Wildman–Crippen LogP) is 0.542. The SMILES string of the molecule is Cc1ccc(-n2nnnc2SCC(=O)O)cn1. The first-order chi connectivity index (χ1) is 8.16. The molecule has 0 fully saturated rings. The Morgan fingerprint density at radius 1 is 1.53 bits per heavy atom. The van der Waals surface area contributed by atoms with Crippen molar-refractivity contribution in [3.05, 3.63) is 24.0 Å². The van der Waals surface area contributed by atoms with Crippen molar-refractivity contribution in [1.82, 2.24) is 25.2 Å². The number of hydrogen-bond acceptors (Lipinski definition) is 6. The van der Waals surface area contributed by atoms with Crippen LogP contribution in [0.2, 0.25) is 0 Å². The van der Waals surface area contributed by atoms with Crippen molar-refractivity contribution in [2.24, 2.45) is 0 Å². The van der Waals surface area contributed by atoms with Gasteiger partial charge in [0.25, 0.3) is 0 Å². The minimum atomic E-state index is -0.911. The number of pyridine rings is 1. The minimum Gasteiger partial charge on any atom is -0.481 e. The van der Waals surface area contributed by atoms with Gasteiger partial charge in [0, 0.05) is 5.69 Å². The molecule has 2 aromatic heterocycles. The number of thioether (sulfide) groups is 1.